The lowest BCUT2D eigenvalue weighted by atomic mass is 10.0. The molecule has 1 unspecified atom stereocenters. The molecule has 3 heteroatoms. The molecule has 3 nitrogen and oxygen atoms in total. The van der Waals surface area contributed by atoms with Crippen LogP contribution in [0, 0.1) is 0 Å². The summed E-state index contributed by atoms with van der Waals surface area (Å²) in [7, 11) is 1.81. The van der Waals surface area contributed by atoms with E-state index in [4.69, 9.17) is 4.74 Å². The summed E-state index contributed by atoms with van der Waals surface area (Å²) in [5.74, 6) is 0.994. The Hall–Kier alpha value is -2.13. The normalized spacial score (nSPS) is 11.9. The van der Waals surface area contributed by atoms with Gasteiger partial charge in [-0.3, -0.25) is 4.79 Å². The van der Waals surface area contributed by atoms with Crippen LogP contribution in [0.25, 0.3) is 0 Å². The Balaban J connectivity index is 1.91. The van der Waals surface area contributed by atoms with Gasteiger partial charge in [-0.15, -0.1) is 0 Å². The van der Waals surface area contributed by atoms with Crippen LogP contribution >= 0.6 is 0 Å². The van der Waals surface area contributed by atoms with Crippen molar-refractivity contribution in [2.45, 2.75) is 26.0 Å². The Morgan fingerprint density at radius 1 is 1.05 bits per heavy atom. The van der Waals surface area contributed by atoms with Gasteiger partial charge in [-0.05, 0) is 43.7 Å². The van der Waals surface area contributed by atoms with Gasteiger partial charge in [0.2, 0.25) is 0 Å². The summed E-state index contributed by atoms with van der Waals surface area (Å²) in [6.45, 7) is 2.17. The number of rotatable bonds is 7. The van der Waals surface area contributed by atoms with Crippen LogP contribution in [0.5, 0.6) is 5.75 Å². The van der Waals surface area contributed by atoms with Crippen molar-refractivity contribution in [1.82, 2.24) is 5.32 Å². The number of benzene rings is 2. The maximum Gasteiger partial charge on any atom is 0.147 e. The molecule has 0 bridgehead atoms. The van der Waals surface area contributed by atoms with Crippen molar-refractivity contribution in [2.75, 3.05) is 7.05 Å². The topological polar surface area (TPSA) is 38.3 Å². The lowest BCUT2D eigenvalue weighted by Gasteiger charge is -2.13. The average Bonchev–Trinajstić information content (AvgIpc) is 2.52. The third-order valence-electron chi connectivity index (χ3n) is 3.45. The molecule has 110 valence electrons. The van der Waals surface area contributed by atoms with Gasteiger partial charge in [0.1, 0.15) is 18.1 Å². The number of hydrogen-bond acceptors (Lipinski definition) is 3. The van der Waals surface area contributed by atoms with E-state index in [0.29, 0.717) is 13.0 Å². The molecule has 0 spiro atoms. The summed E-state index contributed by atoms with van der Waals surface area (Å²) >= 11 is 0. The first-order valence-electron chi connectivity index (χ1n) is 7.12. The van der Waals surface area contributed by atoms with Gasteiger partial charge in [0.25, 0.3) is 0 Å². The van der Waals surface area contributed by atoms with E-state index in [1.807, 2.05) is 61.6 Å². The predicted octanol–water partition coefficient (Wildman–Crippen LogP) is 2.99. The number of hydrogen-bond donors (Lipinski definition) is 1. The molecule has 0 heterocycles. The monoisotopic (exact) mass is 283 g/mol. The lowest BCUT2D eigenvalue weighted by molar-refractivity contribution is -0.118. The second-order valence-corrected chi connectivity index (χ2v) is 5.07. The molecule has 0 aromatic heterocycles. The number of likely N-dealkylation sites (N-methyl/N-ethyl adjacent to an activating group) is 1. The molecule has 1 atom stereocenters. The zero-order chi connectivity index (χ0) is 15.1. The van der Waals surface area contributed by atoms with Gasteiger partial charge in [-0.2, -0.15) is 0 Å². The van der Waals surface area contributed by atoms with Crippen molar-refractivity contribution in [3.63, 3.8) is 0 Å². The van der Waals surface area contributed by atoms with Crippen LogP contribution in [0.4, 0.5) is 0 Å². The van der Waals surface area contributed by atoms with Crippen LogP contribution in [0.2, 0.25) is 0 Å². The Morgan fingerprint density at radius 3 is 2.29 bits per heavy atom. The van der Waals surface area contributed by atoms with E-state index in [9.17, 15) is 4.79 Å². The Morgan fingerprint density at radius 2 is 1.71 bits per heavy atom. The summed E-state index contributed by atoms with van der Waals surface area (Å²) in [6.07, 6.45) is 0.699. The van der Waals surface area contributed by atoms with E-state index < -0.39 is 0 Å². The number of Topliss-reactive ketones (excluding diaryl/α,β-unsaturated/α-hetero) is 1. The van der Waals surface area contributed by atoms with E-state index >= 15 is 0 Å². The molecule has 0 fully saturated rings. The molecule has 2 aromatic carbocycles. The fraction of sp³-hybridized carbons (Fsp3) is 0.278. The number of carbonyl (C=O) groups excluding carboxylic acids is 1. The molecule has 0 radical (unpaired) electrons. The smallest absolute Gasteiger partial charge is 0.147 e. The highest BCUT2D eigenvalue weighted by atomic mass is 16.5. The van der Waals surface area contributed by atoms with Gasteiger partial charge in [0.05, 0.1) is 6.04 Å². The maximum absolute atomic E-state index is 11.4. The summed E-state index contributed by atoms with van der Waals surface area (Å²) in [6, 6.07) is 17.9. The van der Waals surface area contributed by atoms with E-state index in [1.54, 1.807) is 6.92 Å². The molecule has 21 heavy (non-hydrogen) atoms. The van der Waals surface area contributed by atoms with E-state index in [1.165, 1.54) is 0 Å². The van der Waals surface area contributed by atoms with E-state index in [2.05, 4.69) is 5.32 Å². The molecule has 0 aliphatic rings. The number of carbonyl (C=O) groups is 1. The Labute approximate surface area is 126 Å². The average molecular weight is 283 g/mol. The number of ketones is 1. The second-order valence-electron chi connectivity index (χ2n) is 5.07. The van der Waals surface area contributed by atoms with Crippen molar-refractivity contribution in [1.29, 1.82) is 0 Å². The first-order chi connectivity index (χ1) is 10.2. The summed E-state index contributed by atoms with van der Waals surface area (Å²) in [5, 5.41) is 3.03. The highest BCUT2D eigenvalue weighted by molar-refractivity contribution is 5.81. The lowest BCUT2D eigenvalue weighted by Crippen LogP contribution is -2.34. The van der Waals surface area contributed by atoms with Crippen LogP contribution in [0.15, 0.2) is 54.6 Å². The van der Waals surface area contributed by atoms with E-state index in [0.717, 1.165) is 16.9 Å². The minimum atomic E-state index is -0.124. The van der Waals surface area contributed by atoms with Gasteiger partial charge in [0.15, 0.2) is 0 Å². The standard InChI is InChI=1S/C18H21NO2/c1-14(20)18(19-2)12-15-8-10-17(11-9-15)21-13-16-6-4-3-5-7-16/h3-11,18-19H,12-13H2,1-2H3. The SMILES string of the molecule is CNC(Cc1ccc(OCc2ccccc2)cc1)C(C)=O. The molecule has 0 saturated carbocycles. The maximum atomic E-state index is 11.4. The van der Waals surface area contributed by atoms with Crippen LogP contribution < -0.4 is 10.1 Å². The largest absolute Gasteiger partial charge is 0.489 e. The third-order valence-corrected chi connectivity index (χ3v) is 3.45. The number of nitrogens with one attached hydrogen (secondary N) is 1. The van der Waals surface area contributed by atoms with E-state index in [-0.39, 0.29) is 11.8 Å². The predicted molar refractivity (Wildman–Crippen MR) is 84.4 cm³/mol. The molecule has 0 aliphatic heterocycles. The fourth-order valence-electron chi connectivity index (χ4n) is 2.15. The molecule has 0 saturated heterocycles. The van der Waals surface area contributed by atoms with Gasteiger partial charge in [0, 0.05) is 0 Å². The quantitative estimate of drug-likeness (QED) is 0.849. The second kappa shape index (κ2) is 7.60. The zero-order valence-corrected chi connectivity index (χ0v) is 12.5. The van der Waals surface area contributed by atoms with Crippen LogP contribution in [0.3, 0.4) is 0 Å². The minimum absolute atomic E-state index is 0.124. The van der Waals surface area contributed by atoms with Crippen molar-refractivity contribution in [3.8, 4) is 5.75 Å². The molecule has 2 rings (SSSR count). The molecule has 2 aromatic rings. The molecule has 1 N–H and O–H groups in total. The molecule has 0 aliphatic carbocycles. The van der Waals surface area contributed by atoms with Gasteiger partial charge in [-0.25, -0.2) is 0 Å². The van der Waals surface area contributed by atoms with Crippen molar-refractivity contribution in [3.05, 3.63) is 65.7 Å². The van der Waals surface area contributed by atoms with Gasteiger partial charge in [-0.1, -0.05) is 42.5 Å². The minimum Gasteiger partial charge on any atom is -0.489 e. The number of ether oxygens (including phenoxy) is 1. The Bertz CT molecular complexity index is 564. The van der Waals surface area contributed by atoms with Crippen molar-refractivity contribution < 1.29 is 9.53 Å². The molecular weight excluding hydrogens is 262 g/mol. The highest BCUT2D eigenvalue weighted by Gasteiger charge is 2.11. The van der Waals surface area contributed by atoms with Crippen LogP contribution in [-0.4, -0.2) is 18.9 Å². The van der Waals surface area contributed by atoms with Crippen LogP contribution in [-0.2, 0) is 17.8 Å². The third kappa shape index (κ3) is 4.72. The summed E-state index contributed by atoms with van der Waals surface area (Å²) < 4.78 is 5.74. The van der Waals surface area contributed by atoms with Gasteiger partial charge < -0.3 is 10.1 Å². The van der Waals surface area contributed by atoms with Crippen LogP contribution in [0.1, 0.15) is 18.1 Å². The zero-order valence-electron chi connectivity index (χ0n) is 12.5. The highest BCUT2D eigenvalue weighted by Crippen LogP contribution is 2.15. The summed E-state index contributed by atoms with van der Waals surface area (Å²) in [4.78, 5) is 11.4. The van der Waals surface area contributed by atoms with Gasteiger partial charge >= 0.3 is 0 Å². The molecule has 0 amide bonds. The first kappa shape index (κ1) is 15.3. The Kier molecular flexibility index (Phi) is 5.52. The van der Waals surface area contributed by atoms with Crippen molar-refractivity contribution >= 4 is 5.78 Å². The molecular formula is C18H21NO2. The first-order valence-corrected chi connectivity index (χ1v) is 7.12. The van der Waals surface area contributed by atoms with Crippen molar-refractivity contribution in [2.24, 2.45) is 0 Å². The summed E-state index contributed by atoms with van der Waals surface area (Å²) in [5.41, 5.74) is 2.27. The fourth-order valence-corrected chi connectivity index (χ4v) is 2.15.